The van der Waals surface area contributed by atoms with Crippen LogP contribution < -0.4 is 0 Å². The number of fused-ring (bicyclic) bond motifs is 2. The Labute approximate surface area is 197 Å². The molecule has 1 fully saturated rings. The lowest BCUT2D eigenvalue weighted by atomic mass is 10.2. The molecule has 35 heavy (non-hydrogen) atoms. The first-order valence-corrected chi connectivity index (χ1v) is 11.1. The van der Waals surface area contributed by atoms with Gasteiger partial charge < -0.3 is 10.0 Å². The Bertz CT molecular complexity index is 1470. The molecule has 1 saturated heterocycles. The van der Waals surface area contributed by atoms with E-state index in [1.54, 1.807) is 4.90 Å². The number of nitriles is 1. The number of alkyl halides is 3. The number of aromatic nitrogens is 5. The summed E-state index contributed by atoms with van der Waals surface area (Å²) < 4.78 is 42.4. The molecule has 0 spiro atoms. The largest absolute Gasteiger partial charge is 0.506 e. The van der Waals surface area contributed by atoms with Crippen molar-refractivity contribution in [3.8, 4) is 23.2 Å². The Morgan fingerprint density at radius 1 is 1.11 bits per heavy atom. The van der Waals surface area contributed by atoms with Crippen molar-refractivity contribution in [3.63, 3.8) is 0 Å². The van der Waals surface area contributed by atoms with Crippen LogP contribution in [-0.2, 0) is 6.54 Å². The topological polar surface area (TPSA) is 112 Å². The zero-order valence-corrected chi connectivity index (χ0v) is 18.5. The van der Waals surface area contributed by atoms with Gasteiger partial charge in [0, 0.05) is 36.9 Å². The van der Waals surface area contributed by atoms with E-state index in [1.165, 1.54) is 35.1 Å². The highest BCUT2D eigenvalue weighted by molar-refractivity contribution is 5.99. The van der Waals surface area contributed by atoms with Crippen molar-refractivity contribution in [3.05, 3.63) is 42.0 Å². The Morgan fingerprint density at radius 2 is 1.86 bits per heavy atom. The molecule has 0 aliphatic carbocycles. The number of nitrogens with zero attached hydrogens (tertiary/aromatic N) is 7. The molecular formula is C23H20F3N7O2. The van der Waals surface area contributed by atoms with Gasteiger partial charge in [0.2, 0.25) is 0 Å². The van der Waals surface area contributed by atoms with Crippen LogP contribution in [0.25, 0.3) is 27.9 Å². The molecule has 4 aromatic rings. The van der Waals surface area contributed by atoms with E-state index >= 15 is 0 Å². The third-order valence-electron chi connectivity index (χ3n) is 6.07. The van der Waals surface area contributed by atoms with E-state index < -0.39 is 12.7 Å². The molecule has 9 nitrogen and oxygen atoms in total. The first-order chi connectivity index (χ1) is 16.7. The van der Waals surface area contributed by atoms with Crippen LogP contribution in [0.2, 0.25) is 0 Å². The summed E-state index contributed by atoms with van der Waals surface area (Å²) in [6, 6.07) is 4.49. The van der Waals surface area contributed by atoms with Gasteiger partial charge in [-0.05, 0) is 18.9 Å². The number of carbonyl (C=O) groups is 1. The van der Waals surface area contributed by atoms with E-state index in [1.807, 2.05) is 6.07 Å². The predicted octanol–water partition coefficient (Wildman–Crippen LogP) is 3.90. The highest BCUT2D eigenvalue weighted by Gasteiger charge is 2.31. The van der Waals surface area contributed by atoms with Crippen molar-refractivity contribution in [2.75, 3.05) is 13.1 Å². The summed E-state index contributed by atoms with van der Waals surface area (Å²) in [7, 11) is 0. The number of aromatic hydroxyl groups is 1. The van der Waals surface area contributed by atoms with Gasteiger partial charge in [-0.1, -0.05) is 12.8 Å². The molecule has 0 atom stereocenters. The van der Waals surface area contributed by atoms with Crippen LogP contribution in [0.15, 0.2) is 30.7 Å². The summed E-state index contributed by atoms with van der Waals surface area (Å²) in [6.45, 7) is -0.186. The van der Waals surface area contributed by atoms with Crippen molar-refractivity contribution in [2.45, 2.75) is 38.4 Å². The Morgan fingerprint density at radius 3 is 2.54 bits per heavy atom. The summed E-state index contributed by atoms with van der Waals surface area (Å²) in [5.41, 5.74) is 0.905. The highest BCUT2D eigenvalue weighted by atomic mass is 19.4. The molecule has 1 N–H and O–H groups in total. The van der Waals surface area contributed by atoms with Crippen molar-refractivity contribution in [1.29, 1.82) is 5.26 Å². The number of rotatable bonds is 3. The van der Waals surface area contributed by atoms with Crippen LogP contribution in [0.4, 0.5) is 13.2 Å². The lowest BCUT2D eigenvalue weighted by Crippen LogP contribution is -2.32. The van der Waals surface area contributed by atoms with Crippen LogP contribution in [0, 0.1) is 11.3 Å². The fourth-order valence-electron chi connectivity index (χ4n) is 4.38. The second-order valence-electron chi connectivity index (χ2n) is 8.47. The van der Waals surface area contributed by atoms with E-state index in [9.17, 15) is 28.3 Å². The van der Waals surface area contributed by atoms with Crippen molar-refractivity contribution in [1.82, 2.24) is 29.0 Å². The Kier molecular flexibility index (Phi) is 5.55. The van der Waals surface area contributed by atoms with Gasteiger partial charge >= 0.3 is 6.18 Å². The van der Waals surface area contributed by atoms with Crippen LogP contribution in [0.3, 0.4) is 0 Å². The molecule has 1 aliphatic rings. The first-order valence-electron chi connectivity index (χ1n) is 11.1. The molecule has 0 radical (unpaired) electrons. The number of imidazole rings is 1. The monoisotopic (exact) mass is 483 g/mol. The molecule has 1 aliphatic heterocycles. The maximum atomic E-state index is 13.4. The van der Waals surface area contributed by atoms with E-state index in [0.717, 1.165) is 30.4 Å². The molecule has 0 bridgehead atoms. The average Bonchev–Trinajstić information content (AvgIpc) is 3.24. The van der Waals surface area contributed by atoms with Gasteiger partial charge in [0.05, 0.1) is 17.4 Å². The van der Waals surface area contributed by atoms with Gasteiger partial charge in [0.15, 0.2) is 0 Å². The summed E-state index contributed by atoms with van der Waals surface area (Å²) in [6.07, 6.45) is 3.34. The molecule has 0 aromatic carbocycles. The number of carbonyl (C=O) groups excluding carboxylic acids is 1. The van der Waals surface area contributed by atoms with E-state index in [-0.39, 0.29) is 39.8 Å². The number of hydrogen-bond acceptors (Lipinski definition) is 6. The Hall–Kier alpha value is -4.14. The fraction of sp³-hybridized carbons (Fsp3) is 0.348. The second kappa shape index (κ2) is 8.57. The summed E-state index contributed by atoms with van der Waals surface area (Å²) in [4.78, 5) is 23.2. The van der Waals surface area contributed by atoms with Gasteiger partial charge in [0.25, 0.3) is 5.91 Å². The number of amides is 1. The molecule has 12 heteroatoms. The van der Waals surface area contributed by atoms with Gasteiger partial charge in [0.1, 0.15) is 41.0 Å². The van der Waals surface area contributed by atoms with Gasteiger partial charge in [-0.25, -0.2) is 4.98 Å². The molecule has 0 saturated carbocycles. The Balaban J connectivity index is 1.65. The zero-order chi connectivity index (χ0) is 24.7. The molecule has 5 heterocycles. The molecule has 0 unspecified atom stereocenters. The normalized spacial score (nSPS) is 14.9. The lowest BCUT2D eigenvalue weighted by Gasteiger charge is -2.19. The zero-order valence-electron chi connectivity index (χ0n) is 18.5. The van der Waals surface area contributed by atoms with Gasteiger partial charge in [-0.15, -0.1) is 0 Å². The highest BCUT2D eigenvalue weighted by Crippen LogP contribution is 2.32. The standard InChI is InChI=1S/C23H20F3N7O2/c24-23(25,26)13-33-17-7-16(22(35)31-5-3-1-2-4-6-31)28-10-15(17)21(30-33)18-11-29-20-8-19(34)14(9-27)12-32(18)20/h7-8,10-12,34H,1-6,13H2. The minimum atomic E-state index is -4.55. The number of pyridine rings is 2. The molecule has 4 aromatic heterocycles. The lowest BCUT2D eigenvalue weighted by molar-refractivity contribution is -0.141. The third-order valence-corrected chi connectivity index (χ3v) is 6.07. The van der Waals surface area contributed by atoms with E-state index in [0.29, 0.717) is 24.2 Å². The SMILES string of the molecule is N#Cc1cn2c(-c3nn(CC(F)(F)F)c4cc(C(=O)N5CCCCCC5)ncc34)cnc2cc1O. The van der Waals surface area contributed by atoms with Crippen molar-refractivity contribution < 1.29 is 23.1 Å². The first kappa shape index (κ1) is 22.6. The van der Waals surface area contributed by atoms with E-state index in [4.69, 9.17) is 0 Å². The third kappa shape index (κ3) is 4.25. The van der Waals surface area contributed by atoms with Crippen molar-refractivity contribution in [2.24, 2.45) is 0 Å². The number of hydrogen-bond donors (Lipinski definition) is 1. The van der Waals surface area contributed by atoms with Crippen molar-refractivity contribution >= 4 is 22.5 Å². The second-order valence-corrected chi connectivity index (χ2v) is 8.47. The maximum absolute atomic E-state index is 13.4. The van der Waals surface area contributed by atoms with Crippen LogP contribution >= 0.6 is 0 Å². The molecule has 5 rings (SSSR count). The number of likely N-dealkylation sites (tertiary alicyclic amines) is 1. The minimum absolute atomic E-state index is 0.0285. The smallest absolute Gasteiger partial charge is 0.408 e. The van der Waals surface area contributed by atoms with Gasteiger partial charge in [-0.3, -0.25) is 18.9 Å². The summed E-state index contributed by atoms with van der Waals surface area (Å²) in [5, 5.41) is 23.7. The quantitative estimate of drug-likeness (QED) is 0.473. The average molecular weight is 483 g/mol. The summed E-state index contributed by atoms with van der Waals surface area (Å²) >= 11 is 0. The summed E-state index contributed by atoms with van der Waals surface area (Å²) in [5.74, 6) is -0.581. The van der Waals surface area contributed by atoms with Gasteiger partial charge in [-0.2, -0.15) is 23.5 Å². The van der Waals surface area contributed by atoms with Crippen LogP contribution in [-0.4, -0.2) is 59.3 Å². The maximum Gasteiger partial charge on any atom is 0.408 e. The fourth-order valence-corrected chi connectivity index (χ4v) is 4.38. The molecule has 1 amide bonds. The molecule has 180 valence electrons. The molecular weight excluding hydrogens is 463 g/mol. The number of halogens is 3. The minimum Gasteiger partial charge on any atom is -0.506 e. The predicted molar refractivity (Wildman–Crippen MR) is 119 cm³/mol. The van der Waals surface area contributed by atoms with Crippen LogP contribution in [0.1, 0.15) is 41.7 Å². The van der Waals surface area contributed by atoms with E-state index in [2.05, 4.69) is 15.1 Å². The van der Waals surface area contributed by atoms with Crippen LogP contribution in [0.5, 0.6) is 5.75 Å².